The van der Waals surface area contributed by atoms with Gasteiger partial charge in [-0.3, -0.25) is 9.59 Å². The number of nitrogens with zero attached hydrogens (tertiary/aromatic N) is 2. The Bertz CT molecular complexity index is 944. The number of rotatable bonds is 5. The third kappa shape index (κ3) is 3.68. The van der Waals surface area contributed by atoms with Gasteiger partial charge in [0.1, 0.15) is 6.17 Å². The Morgan fingerprint density at radius 2 is 1.93 bits per heavy atom. The summed E-state index contributed by atoms with van der Waals surface area (Å²) in [6, 6.07) is 17.2. The molecule has 2 N–H and O–H groups in total. The quantitative estimate of drug-likeness (QED) is 0.709. The number of anilines is 2. The predicted molar refractivity (Wildman–Crippen MR) is 106 cm³/mol. The first-order valence-corrected chi connectivity index (χ1v) is 9.51. The average molecular weight is 378 g/mol. The Balaban J connectivity index is 1.55. The minimum Gasteiger partial charge on any atom is -0.361 e. The molecule has 1 aliphatic heterocycles. The van der Waals surface area contributed by atoms with Crippen LogP contribution in [0.25, 0.3) is 0 Å². The highest BCUT2D eigenvalue weighted by Crippen LogP contribution is 2.33. The smallest absolute Gasteiger partial charge is 0.257 e. The van der Waals surface area contributed by atoms with Gasteiger partial charge in [0.15, 0.2) is 5.13 Å². The molecule has 0 fully saturated rings. The van der Waals surface area contributed by atoms with Crippen molar-refractivity contribution in [2.75, 3.05) is 17.2 Å². The van der Waals surface area contributed by atoms with Crippen LogP contribution in [0, 0.1) is 0 Å². The van der Waals surface area contributed by atoms with Crippen molar-refractivity contribution in [1.82, 2.24) is 9.88 Å². The van der Waals surface area contributed by atoms with Crippen LogP contribution in [0.1, 0.15) is 28.5 Å². The van der Waals surface area contributed by atoms with Crippen LogP contribution < -0.4 is 10.6 Å². The molecule has 1 aliphatic rings. The second-order valence-electron chi connectivity index (χ2n) is 6.14. The fourth-order valence-corrected chi connectivity index (χ4v) is 3.66. The maximum absolute atomic E-state index is 13.1. The summed E-state index contributed by atoms with van der Waals surface area (Å²) >= 11 is 1.37. The Labute approximate surface area is 160 Å². The minimum absolute atomic E-state index is 0.0831. The van der Waals surface area contributed by atoms with Gasteiger partial charge in [-0.1, -0.05) is 42.5 Å². The summed E-state index contributed by atoms with van der Waals surface area (Å²) < 4.78 is 0. The maximum atomic E-state index is 13.1. The van der Waals surface area contributed by atoms with E-state index in [4.69, 9.17) is 0 Å². The van der Waals surface area contributed by atoms with Gasteiger partial charge in [-0.05, 0) is 17.7 Å². The molecule has 0 aliphatic carbocycles. The van der Waals surface area contributed by atoms with Gasteiger partial charge in [-0.25, -0.2) is 4.98 Å². The van der Waals surface area contributed by atoms with Gasteiger partial charge in [0.05, 0.1) is 5.56 Å². The summed E-state index contributed by atoms with van der Waals surface area (Å²) in [5.41, 5.74) is 2.39. The topological polar surface area (TPSA) is 74.3 Å². The van der Waals surface area contributed by atoms with E-state index in [1.165, 1.54) is 11.3 Å². The molecule has 3 aromatic rings. The molecule has 136 valence electrons. The van der Waals surface area contributed by atoms with Crippen LogP contribution in [0.15, 0.2) is 66.2 Å². The standard InChI is InChI=1S/C20H18N4O2S/c25-17(23-20-21-11-13-27-20)10-12-24-18(14-6-2-1-3-7-14)22-16-9-5-4-8-15(16)19(24)26/h1-9,11,13,18,22H,10,12H2,(H,21,23,25)/t18-/m0/s1. The van der Waals surface area contributed by atoms with E-state index in [9.17, 15) is 9.59 Å². The van der Waals surface area contributed by atoms with Crippen molar-refractivity contribution in [2.45, 2.75) is 12.6 Å². The normalized spacial score (nSPS) is 15.8. The lowest BCUT2D eigenvalue weighted by Crippen LogP contribution is -2.44. The van der Waals surface area contributed by atoms with Crippen LogP contribution in [-0.4, -0.2) is 28.2 Å². The lowest BCUT2D eigenvalue weighted by Gasteiger charge is -2.38. The molecule has 2 amide bonds. The summed E-state index contributed by atoms with van der Waals surface area (Å²) in [6.07, 6.45) is 1.51. The first-order chi connectivity index (χ1) is 13.2. The van der Waals surface area contributed by atoms with E-state index in [-0.39, 0.29) is 24.4 Å². The molecule has 6 nitrogen and oxygen atoms in total. The monoisotopic (exact) mass is 378 g/mol. The largest absolute Gasteiger partial charge is 0.361 e. The molecule has 2 aromatic carbocycles. The molecule has 0 spiro atoms. The number of aromatic nitrogens is 1. The fraction of sp³-hybridized carbons (Fsp3) is 0.150. The summed E-state index contributed by atoms with van der Waals surface area (Å²) in [5, 5.41) is 8.55. The third-order valence-corrected chi connectivity index (χ3v) is 5.08. The number of benzene rings is 2. The van der Waals surface area contributed by atoms with Crippen LogP contribution in [0.4, 0.5) is 10.8 Å². The lowest BCUT2D eigenvalue weighted by atomic mass is 10.0. The number of amides is 2. The van der Waals surface area contributed by atoms with Crippen molar-refractivity contribution in [3.8, 4) is 0 Å². The molecule has 1 aromatic heterocycles. The SMILES string of the molecule is O=C(CCN1C(=O)c2ccccc2N[C@@H]1c1ccccc1)Nc1nccs1. The zero-order valence-corrected chi connectivity index (χ0v) is 15.3. The second-order valence-corrected chi connectivity index (χ2v) is 7.03. The van der Waals surface area contributed by atoms with Crippen LogP contribution in [-0.2, 0) is 4.79 Å². The Morgan fingerprint density at radius 1 is 1.15 bits per heavy atom. The number of carbonyl (C=O) groups excluding carboxylic acids is 2. The van der Waals surface area contributed by atoms with E-state index < -0.39 is 0 Å². The number of hydrogen-bond donors (Lipinski definition) is 2. The summed E-state index contributed by atoms with van der Waals surface area (Å²) in [4.78, 5) is 31.1. The Hall–Kier alpha value is -3.19. The van der Waals surface area contributed by atoms with Gasteiger partial charge in [-0.15, -0.1) is 11.3 Å². The number of para-hydroxylation sites is 1. The second kappa shape index (κ2) is 7.59. The van der Waals surface area contributed by atoms with Gasteiger partial charge in [0, 0.05) is 30.2 Å². The van der Waals surface area contributed by atoms with Crippen molar-refractivity contribution in [2.24, 2.45) is 0 Å². The van der Waals surface area contributed by atoms with Crippen LogP contribution >= 0.6 is 11.3 Å². The summed E-state index contributed by atoms with van der Waals surface area (Å²) in [6.45, 7) is 0.303. The Morgan fingerprint density at radius 3 is 2.70 bits per heavy atom. The van der Waals surface area contributed by atoms with E-state index in [2.05, 4.69) is 15.6 Å². The molecule has 0 radical (unpaired) electrons. The van der Waals surface area contributed by atoms with Crippen LogP contribution in [0.5, 0.6) is 0 Å². The molecule has 0 unspecified atom stereocenters. The van der Waals surface area contributed by atoms with Crippen molar-refractivity contribution in [1.29, 1.82) is 0 Å². The first-order valence-electron chi connectivity index (χ1n) is 8.63. The molecule has 4 rings (SSSR count). The highest BCUT2D eigenvalue weighted by Gasteiger charge is 2.32. The lowest BCUT2D eigenvalue weighted by molar-refractivity contribution is -0.116. The Kier molecular flexibility index (Phi) is 4.84. The zero-order valence-electron chi connectivity index (χ0n) is 14.5. The van der Waals surface area contributed by atoms with Gasteiger partial charge in [0.25, 0.3) is 5.91 Å². The maximum Gasteiger partial charge on any atom is 0.257 e. The van der Waals surface area contributed by atoms with Crippen molar-refractivity contribution in [3.63, 3.8) is 0 Å². The first kappa shape index (κ1) is 17.2. The molecule has 0 saturated heterocycles. The van der Waals surface area contributed by atoms with Gasteiger partial charge in [-0.2, -0.15) is 0 Å². The molecular weight excluding hydrogens is 360 g/mol. The zero-order chi connectivity index (χ0) is 18.6. The van der Waals surface area contributed by atoms with Gasteiger partial charge in [0.2, 0.25) is 5.91 Å². The highest BCUT2D eigenvalue weighted by molar-refractivity contribution is 7.13. The molecule has 1 atom stereocenters. The summed E-state index contributed by atoms with van der Waals surface area (Å²) in [5.74, 6) is -0.247. The van der Waals surface area contributed by atoms with E-state index >= 15 is 0 Å². The van der Waals surface area contributed by atoms with Gasteiger partial charge < -0.3 is 15.5 Å². The van der Waals surface area contributed by atoms with Crippen LogP contribution in [0.2, 0.25) is 0 Å². The molecule has 0 bridgehead atoms. The van der Waals surface area contributed by atoms with Gasteiger partial charge >= 0.3 is 0 Å². The van der Waals surface area contributed by atoms with Crippen molar-refractivity contribution < 1.29 is 9.59 Å². The number of hydrogen-bond acceptors (Lipinski definition) is 5. The summed E-state index contributed by atoms with van der Waals surface area (Å²) in [7, 11) is 0. The fourth-order valence-electron chi connectivity index (χ4n) is 3.11. The number of fused-ring (bicyclic) bond motifs is 1. The van der Waals surface area contributed by atoms with E-state index in [0.29, 0.717) is 17.2 Å². The molecule has 0 saturated carbocycles. The van der Waals surface area contributed by atoms with E-state index in [1.807, 2.05) is 48.5 Å². The van der Waals surface area contributed by atoms with Crippen LogP contribution in [0.3, 0.4) is 0 Å². The number of nitrogens with one attached hydrogen (secondary N) is 2. The highest BCUT2D eigenvalue weighted by atomic mass is 32.1. The van der Waals surface area contributed by atoms with Crippen molar-refractivity contribution in [3.05, 3.63) is 77.3 Å². The van der Waals surface area contributed by atoms with E-state index in [1.54, 1.807) is 22.5 Å². The number of carbonyl (C=O) groups is 2. The molecule has 7 heteroatoms. The average Bonchev–Trinajstić information content (AvgIpc) is 3.21. The molecule has 27 heavy (non-hydrogen) atoms. The number of thiazole rings is 1. The van der Waals surface area contributed by atoms with Crippen molar-refractivity contribution >= 4 is 34.0 Å². The molecule has 2 heterocycles. The minimum atomic E-state index is -0.318. The third-order valence-electron chi connectivity index (χ3n) is 4.40. The molecular formula is C20H18N4O2S. The van der Waals surface area contributed by atoms with E-state index in [0.717, 1.165) is 11.3 Å². The predicted octanol–water partition coefficient (Wildman–Crippen LogP) is 3.74.